The number of carbonyl (C=O) groups excluding carboxylic acids is 1. The van der Waals surface area contributed by atoms with Gasteiger partial charge in [-0.1, -0.05) is 6.07 Å². The Bertz CT molecular complexity index is 313. The highest BCUT2D eigenvalue weighted by molar-refractivity contribution is 5.70. The van der Waals surface area contributed by atoms with Gasteiger partial charge in [0, 0.05) is 18.0 Å². The predicted molar refractivity (Wildman–Crippen MR) is 46.1 cm³/mol. The van der Waals surface area contributed by atoms with E-state index in [2.05, 4.69) is 10.3 Å². The standard InChI is InChI=1S/C9H10N2O2/c1-6-8(13-9(12)11-6)7-3-2-4-10-5-7/h2-6,8H,1H3,(H,11,12)/t6-,8+/m0/s1. The van der Waals surface area contributed by atoms with Gasteiger partial charge in [0.05, 0.1) is 6.04 Å². The van der Waals surface area contributed by atoms with Gasteiger partial charge in [-0.3, -0.25) is 4.98 Å². The first-order valence-electron chi connectivity index (χ1n) is 4.14. The van der Waals surface area contributed by atoms with E-state index in [1.165, 1.54) is 0 Å². The molecule has 0 aromatic carbocycles. The van der Waals surface area contributed by atoms with Gasteiger partial charge in [-0.2, -0.15) is 0 Å². The van der Waals surface area contributed by atoms with Gasteiger partial charge < -0.3 is 10.1 Å². The molecule has 1 fully saturated rings. The topological polar surface area (TPSA) is 51.2 Å². The smallest absolute Gasteiger partial charge is 0.408 e. The van der Waals surface area contributed by atoms with E-state index in [-0.39, 0.29) is 18.2 Å². The van der Waals surface area contributed by atoms with Crippen LogP contribution in [-0.2, 0) is 4.74 Å². The van der Waals surface area contributed by atoms with Gasteiger partial charge in [-0.15, -0.1) is 0 Å². The summed E-state index contributed by atoms with van der Waals surface area (Å²) in [5, 5.41) is 2.68. The molecule has 1 aliphatic rings. The minimum Gasteiger partial charge on any atom is -0.439 e. The van der Waals surface area contributed by atoms with Crippen LogP contribution in [0.2, 0.25) is 0 Å². The second-order valence-electron chi connectivity index (χ2n) is 3.05. The fraction of sp³-hybridized carbons (Fsp3) is 0.333. The number of rotatable bonds is 1. The number of nitrogens with zero attached hydrogens (tertiary/aromatic N) is 1. The second kappa shape index (κ2) is 3.05. The van der Waals surface area contributed by atoms with Crippen molar-refractivity contribution in [3.63, 3.8) is 0 Å². The lowest BCUT2D eigenvalue weighted by atomic mass is 10.1. The molecule has 0 unspecified atom stereocenters. The number of cyclic esters (lactones) is 1. The van der Waals surface area contributed by atoms with E-state index in [0.717, 1.165) is 5.56 Å². The third kappa shape index (κ3) is 1.47. The maximum Gasteiger partial charge on any atom is 0.408 e. The van der Waals surface area contributed by atoms with E-state index in [4.69, 9.17) is 4.74 Å². The van der Waals surface area contributed by atoms with Crippen molar-refractivity contribution in [2.75, 3.05) is 0 Å². The van der Waals surface area contributed by atoms with Gasteiger partial charge >= 0.3 is 6.09 Å². The summed E-state index contributed by atoms with van der Waals surface area (Å²) < 4.78 is 5.07. The van der Waals surface area contributed by atoms with Gasteiger partial charge in [-0.05, 0) is 13.0 Å². The molecule has 0 spiro atoms. The zero-order valence-electron chi connectivity index (χ0n) is 7.23. The molecular formula is C9H10N2O2. The third-order valence-electron chi connectivity index (χ3n) is 2.05. The number of amides is 1. The highest BCUT2D eigenvalue weighted by atomic mass is 16.6. The lowest BCUT2D eigenvalue weighted by molar-refractivity contribution is 0.133. The fourth-order valence-electron chi connectivity index (χ4n) is 1.41. The molecule has 1 N–H and O–H groups in total. The zero-order valence-corrected chi connectivity index (χ0v) is 7.23. The van der Waals surface area contributed by atoms with E-state index < -0.39 is 0 Å². The van der Waals surface area contributed by atoms with Crippen LogP contribution in [0.5, 0.6) is 0 Å². The monoisotopic (exact) mass is 178 g/mol. The number of carbonyl (C=O) groups is 1. The minimum atomic E-state index is -0.360. The average Bonchev–Trinajstić information content (AvgIpc) is 2.47. The third-order valence-corrected chi connectivity index (χ3v) is 2.05. The Kier molecular flexibility index (Phi) is 1.88. The molecule has 4 nitrogen and oxygen atoms in total. The molecule has 68 valence electrons. The van der Waals surface area contributed by atoms with E-state index in [0.29, 0.717) is 0 Å². The Morgan fingerprint density at radius 3 is 3.00 bits per heavy atom. The van der Waals surface area contributed by atoms with Crippen LogP contribution < -0.4 is 5.32 Å². The van der Waals surface area contributed by atoms with Gasteiger partial charge in [0.2, 0.25) is 0 Å². The molecule has 2 heterocycles. The summed E-state index contributed by atoms with van der Waals surface area (Å²) in [5.74, 6) is 0. The number of ether oxygens (including phenoxy) is 1. The summed E-state index contributed by atoms with van der Waals surface area (Å²) in [6.07, 6.45) is 2.84. The van der Waals surface area contributed by atoms with Gasteiger partial charge in [0.1, 0.15) is 0 Å². The first-order valence-corrected chi connectivity index (χ1v) is 4.14. The molecule has 1 aromatic heterocycles. The van der Waals surface area contributed by atoms with Crippen LogP contribution in [0, 0.1) is 0 Å². The number of hydrogen-bond acceptors (Lipinski definition) is 3. The maximum atomic E-state index is 10.9. The lowest BCUT2D eigenvalue weighted by Crippen LogP contribution is -2.23. The van der Waals surface area contributed by atoms with E-state index in [9.17, 15) is 4.79 Å². The van der Waals surface area contributed by atoms with E-state index >= 15 is 0 Å². The Morgan fingerprint density at radius 2 is 2.46 bits per heavy atom. The molecule has 1 aliphatic heterocycles. The highest BCUT2D eigenvalue weighted by Gasteiger charge is 2.31. The fourth-order valence-corrected chi connectivity index (χ4v) is 1.41. The molecular weight excluding hydrogens is 168 g/mol. The Morgan fingerprint density at radius 1 is 1.62 bits per heavy atom. The van der Waals surface area contributed by atoms with Crippen LogP contribution >= 0.6 is 0 Å². The number of nitrogens with one attached hydrogen (secondary N) is 1. The molecule has 0 aliphatic carbocycles. The van der Waals surface area contributed by atoms with Crippen molar-refractivity contribution in [2.24, 2.45) is 0 Å². The number of pyridine rings is 1. The highest BCUT2D eigenvalue weighted by Crippen LogP contribution is 2.24. The van der Waals surface area contributed by atoms with Gasteiger partial charge in [0.25, 0.3) is 0 Å². The van der Waals surface area contributed by atoms with Gasteiger partial charge in [-0.25, -0.2) is 4.79 Å². The molecule has 0 saturated carbocycles. The molecule has 1 saturated heterocycles. The molecule has 2 atom stereocenters. The SMILES string of the molecule is C[C@@H]1NC(=O)O[C@H]1c1cccnc1. The summed E-state index contributed by atoms with van der Waals surface area (Å²) in [5.41, 5.74) is 0.924. The average molecular weight is 178 g/mol. The van der Waals surface area contributed by atoms with Crippen molar-refractivity contribution in [3.05, 3.63) is 30.1 Å². The molecule has 0 bridgehead atoms. The van der Waals surface area contributed by atoms with Crippen LogP contribution in [0.3, 0.4) is 0 Å². The first-order chi connectivity index (χ1) is 6.27. The lowest BCUT2D eigenvalue weighted by Gasteiger charge is -2.11. The maximum absolute atomic E-state index is 10.9. The Balaban J connectivity index is 2.23. The first kappa shape index (κ1) is 8.04. The quantitative estimate of drug-likeness (QED) is 0.704. The summed E-state index contributed by atoms with van der Waals surface area (Å²) in [7, 11) is 0. The predicted octanol–water partition coefficient (Wildman–Crippen LogP) is 1.25. The molecule has 4 heteroatoms. The molecule has 2 rings (SSSR count). The summed E-state index contributed by atoms with van der Waals surface area (Å²) in [4.78, 5) is 14.9. The van der Waals surface area contributed by atoms with Crippen LogP contribution in [0.15, 0.2) is 24.5 Å². The van der Waals surface area contributed by atoms with Crippen molar-refractivity contribution in [3.8, 4) is 0 Å². The number of alkyl carbamates (subject to hydrolysis) is 1. The second-order valence-corrected chi connectivity index (χ2v) is 3.05. The van der Waals surface area contributed by atoms with Crippen LogP contribution in [0.25, 0.3) is 0 Å². The van der Waals surface area contributed by atoms with E-state index in [1.807, 2.05) is 19.1 Å². The van der Waals surface area contributed by atoms with Crippen molar-refractivity contribution in [1.82, 2.24) is 10.3 Å². The molecule has 1 amide bonds. The van der Waals surface area contributed by atoms with Crippen molar-refractivity contribution >= 4 is 6.09 Å². The Hall–Kier alpha value is -1.58. The molecule has 0 radical (unpaired) electrons. The van der Waals surface area contributed by atoms with Crippen LogP contribution in [-0.4, -0.2) is 17.1 Å². The van der Waals surface area contributed by atoms with Crippen LogP contribution in [0.1, 0.15) is 18.6 Å². The number of hydrogen-bond donors (Lipinski definition) is 1. The zero-order chi connectivity index (χ0) is 9.26. The minimum absolute atomic E-state index is 0.0108. The normalized spacial score (nSPS) is 26.7. The Labute approximate surface area is 75.9 Å². The van der Waals surface area contributed by atoms with E-state index in [1.54, 1.807) is 12.4 Å². The summed E-state index contributed by atoms with van der Waals surface area (Å²) in [6.45, 7) is 1.91. The summed E-state index contributed by atoms with van der Waals surface area (Å²) >= 11 is 0. The van der Waals surface area contributed by atoms with Crippen molar-refractivity contribution < 1.29 is 9.53 Å². The summed E-state index contributed by atoms with van der Waals surface area (Å²) in [6, 6.07) is 3.74. The van der Waals surface area contributed by atoms with Gasteiger partial charge in [0.15, 0.2) is 6.10 Å². The van der Waals surface area contributed by atoms with Crippen LogP contribution in [0.4, 0.5) is 4.79 Å². The van der Waals surface area contributed by atoms with Crippen molar-refractivity contribution in [1.29, 1.82) is 0 Å². The molecule has 1 aromatic rings. The number of aromatic nitrogens is 1. The molecule has 13 heavy (non-hydrogen) atoms. The van der Waals surface area contributed by atoms with Crippen molar-refractivity contribution in [2.45, 2.75) is 19.1 Å². The largest absolute Gasteiger partial charge is 0.439 e.